The monoisotopic (exact) mass is 317 g/mol. The summed E-state index contributed by atoms with van der Waals surface area (Å²) in [5, 5.41) is 20.2. The summed E-state index contributed by atoms with van der Waals surface area (Å²) < 4.78 is 0. The lowest BCUT2D eigenvalue weighted by molar-refractivity contribution is -0.385. The van der Waals surface area contributed by atoms with Crippen molar-refractivity contribution in [1.82, 2.24) is 15.5 Å². The average Bonchev–Trinajstić information content (AvgIpc) is 2.93. The number of nitro groups is 1. The smallest absolute Gasteiger partial charge is 0.322 e. The topological polar surface area (TPSA) is 127 Å². The maximum atomic E-state index is 12.1. The molecule has 1 aromatic carbocycles. The predicted molar refractivity (Wildman–Crippen MR) is 86.1 cm³/mol. The number of carbonyl (C=O) groups excluding carboxylic acids is 1. The van der Waals surface area contributed by atoms with Gasteiger partial charge in [-0.3, -0.25) is 20.0 Å². The largest absolute Gasteiger partial charge is 0.399 e. The number of aryl methyl sites for hydroxylation is 1. The molecule has 0 fully saturated rings. The lowest BCUT2D eigenvalue weighted by Crippen LogP contribution is -2.26. The zero-order chi connectivity index (χ0) is 16.8. The number of carbonyl (C=O) groups is 1. The molecule has 1 heterocycles. The fourth-order valence-electron chi connectivity index (χ4n) is 2.24. The summed E-state index contributed by atoms with van der Waals surface area (Å²) in [4.78, 5) is 22.7. The van der Waals surface area contributed by atoms with Gasteiger partial charge >= 0.3 is 5.69 Å². The first kappa shape index (κ1) is 16.5. The highest BCUT2D eigenvalue weighted by atomic mass is 16.6. The number of amides is 1. The van der Waals surface area contributed by atoms with Crippen LogP contribution in [0.3, 0.4) is 0 Å². The number of aromatic amines is 1. The van der Waals surface area contributed by atoms with Gasteiger partial charge in [-0.25, -0.2) is 0 Å². The van der Waals surface area contributed by atoms with Crippen LogP contribution in [-0.4, -0.2) is 27.6 Å². The van der Waals surface area contributed by atoms with E-state index in [4.69, 9.17) is 5.73 Å². The molecule has 2 rings (SSSR count). The van der Waals surface area contributed by atoms with Gasteiger partial charge in [-0.05, 0) is 30.5 Å². The van der Waals surface area contributed by atoms with Gasteiger partial charge in [-0.15, -0.1) is 0 Å². The first-order valence-corrected chi connectivity index (χ1v) is 7.37. The number of nitrogens with one attached hydrogen (secondary N) is 2. The van der Waals surface area contributed by atoms with Gasteiger partial charge in [-0.1, -0.05) is 25.5 Å². The van der Waals surface area contributed by atoms with E-state index in [0.717, 1.165) is 12.0 Å². The van der Waals surface area contributed by atoms with Crippen molar-refractivity contribution in [1.29, 1.82) is 0 Å². The first-order valence-electron chi connectivity index (χ1n) is 7.37. The molecule has 122 valence electrons. The number of aromatic nitrogens is 2. The van der Waals surface area contributed by atoms with Crippen LogP contribution in [-0.2, 0) is 12.8 Å². The van der Waals surface area contributed by atoms with E-state index in [1.165, 1.54) is 0 Å². The second-order valence-corrected chi connectivity index (χ2v) is 5.15. The van der Waals surface area contributed by atoms with Crippen LogP contribution in [0.2, 0.25) is 0 Å². The van der Waals surface area contributed by atoms with Crippen molar-refractivity contribution in [2.24, 2.45) is 0 Å². The fourth-order valence-corrected chi connectivity index (χ4v) is 2.24. The lowest BCUT2D eigenvalue weighted by atomic mass is 10.1. The van der Waals surface area contributed by atoms with Crippen LogP contribution < -0.4 is 11.1 Å². The Hall–Kier alpha value is -2.90. The number of anilines is 1. The van der Waals surface area contributed by atoms with Crippen molar-refractivity contribution in [2.75, 3.05) is 12.3 Å². The van der Waals surface area contributed by atoms with Gasteiger partial charge in [0, 0.05) is 12.2 Å². The Morgan fingerprint density at radius 3 is 2.65 bits per heavy atom. The maximum Gasteiger partial charge on any atom is 0.322 e. The molecular weight excluding hydrogens is 298 g/mol. The van der Waals surface area contributed by atoms with E-state index >= 15 is 0 Å². The minimum atomic E-state index is -0.566. The van der Waals surface area contributed by atoms with Crippen LogP contribution in [0.4, 0.5) is 11.4 Å². The number of nitrogens with zero attached hydrogens (tertiary/aromatic N) is 2. The number of nitrogen functional groups attached to an aromatic ring is 1. The molecule has 0 bridgehead atoms. The average molecular weight is 317 g/mol. The van der Waals surface area contributed by atoms with Gasteiger partial charge < -0.3 is 11.1 Å². The molecular formula is C15H19N5O3. The highest BCUT2D eigenvalue weighted by Crippen LogP contribution is 2.22. The highest BCUT2D eigenvalue weighted by molar-refractivity contribution is 5.96. The van der Waals surface area contributed by atoms with Crippen molar-refractivity contribution in [3.05, 3.63) is 51.3 Å². The summed E-state index contributed by atoms with van der Waals surface area (Å²) >= 11 is 0. The van der Waals surface area contributed by atoms with Gasteiger partial charge in [0.1, 0.15) is 5.69 Å². The molecule has 0 aliphatic heterocycles. The first-order chi connectivity index (χ1) is 11.0. The van der Waals surface area contributed by atoms with Crippen LogP contribution >= 0.6 is 0 Å². The molecule has 2 aromatic rings. The Kier molecular flexibility index (Phi) is 5.29. The van der Waals surface area contributed by atoms with Crippen molar-refractivity contribution in [3.8, 4) is 0 Å². The Labute approximate surface area is 133 Å². The van der Waals surface area contributed by atoms with Crippen LogP contribution in [0.25, 0.3) is 0 Å². The molecule has 8 heteroatoms. The summed E-state index contributed by atoms with van der Waals surface area (Å²) in [5.74, 6) is -0.550. The zero-order valence-corrected chi connectivity index (χ0v) is 12.8. The van der Waals surface area contributed by atoms with Gasteiger partial charge in [0.15, 0.2) is 0 Å². The molecule has 0 aliphatic carbocycles. The van der Waals surface area contributed by atoms with Gasteiger partial charge in [0.2, 0.25) is 5.69 Å². The van der Waals surface area contributed by atoms with Gasteiger partial charge in [0.25, 0.3) is 5.91 Å². The number of hydrogen-bond acceptors (Lipinski definition) is 5. The Morgan fingerprint density at radius 1 is 1.35 bits per heavy atom. The number of benzene rings is 1. The minimum Gasteiger partial charge on any atom is -0.399 e. The van der Waals surface area contributed by atoms with E-state index in [2.05, 4.69) is 15.5 Å². The molecule has 0 spiro atoms. The van der Waals surface area contributed by atoms with E-state index in [9.17, 15) is 14.9 Å². The van der Waals surface area contributed by atoms with E-state index in [1.54, 1.807) is 12.1 Å². The van der Waals surface area contributed by atoms with Gasteiger partial charge in [-0.2, -0.15) is 5.10 Å². The quantitative estimate of drug-likeness (QED) is 0.408. The number of nitrogens with two attached hydrogens (primary N) is 1. The summed E-state index contributed by atoms with van der Waals surface area (Å²) in [6.45, 7) is 2.26. The van der Waals surface area contributed by atoms with Crippen LogP contribution in [0.1, 0.15) is 35.1 Å². The second-order valence-electron chi connectivity index (χ2n) is 5.15. The molecule has 0 aliphatic rings. The summed E-state index contributed by atoms with van der Waals surface area (Å²) in [7, 11) is 0. The molecule has 4 N–H and O–H groups in total. The summed E-state index contributed by atoms with van der Waals surface area (Å²) in [6.07, 6.45) is 1.80. The Morgan fingerprint density at radius 2 is 2.04 bits per heavy atom. The number of hydrogen-bond donors (Lipinski definition) is 3. The number of rotatable bonds is 7. The molecule has 1 aromatic heterocycles. The van der Waals surface area contributed by atoms with Crippen LogP contribution in [0.5, 0.6) is 0 Å². The molecule has 0 saturated carbocycles. The SMILES string of the molecule is CCCc1[nH]nc(C(=O)NCCc2ccc(N)cc2)c1[N+](=O)[O-]. The third-order valence-electron chi connectivity index (χ3n) is 3.39. The molecule has 23 heavy (non-hydrogen) atoms. The highest BCUT2D eigenvalue weighted by Gasteiger charge is 2.28. The van der Waals surface area contributed by atoms with E-state index < -0.39 is 10.8 Å². The lowest BCUT2D eigenvalue weighted by Gasteiger charge is -2.04. The predicted octanol–water partition coefficient (Wildman–Crippen LogP) is 1.83. The van der Waals surface area contributed by atoms with Crippen molar-refractivity contribution in [2.45, 2.75) is 26.2 Å². The standard InChI is InChI=1S/C15H19N5O3/c1-2-3-12-14(20(22)23)13(19-18-12)15(21)17-9-8-10-4-6-11(16)7-5-10/h4-7H,2-3,8-9,16H2,1H3,(H,17,21)(H,18,19). The second kappa shape index (κ2) is 7.39. The summed E-state index contributed by atoms with van der Waals surface area (Å²) in [5.41, 5.74) is 7.26. The normalized spacial score (nSPS) is 10.5. The zero-order valence-electron chi connectivity index (χ0n) is 12.8. The van der Waals surface area contributed by atoms with Crippen molar-refractivity contribution >= 4 is 17.3 Å². The van der Waals surface area contributed by atoms with E-state index in [0.29, 0.717) is 30.8 Å². The maximum absolute atomic E-state index is 12.1. The third kappa shape index (κ3) is 4.06. The fraction of sp³-hybridized carbons (Fsp3) is 0.333. The molecule has 1 amide bonds. The van der Waals surface area contributed by atoms with Gasteiger partial charge in [0.05, 0.1) is 4.92 Å². The molecule has 0 atom stereocenters. The summed E-state index contributed by atoms with van der Waals surface area (Å²) in [6, 6.07) is 7.31. The number of H-pyrrole nitrogens is 1. The van der Waals surface area contributed by atoms with Crippen molar-refractivity contribution < 1.29 is 9.72 Å². The van der Waals surface area contributed by atoms with Crippen molar-refractivity contribution in [3.63, 3.8) is 0 Å². The van der Waals surface area contributed by atoms with E-state index in [1.807, 2.05) is 19.1 Å². The molecule has 0 radical (unpaired) electrons. The minimum absolute atomic E-state index is 0.171. The Balaban J connectivity index is 2.00. The molecule has 0 saturated heterocycles. The van der Waals surface area contributed by atoms with E-state index in [-0.39, 0.29) is 11.4 Å². The molecule has 8 nitrogen and oxygen atoms in total. The Bertz CT molecular complexity index is 694. The third-order valence-corrected chi connectivity index (χ3v) is 3.39. The van der Waals surface area contributed by atoms with Crippen LogP contribution in [0.15, 0.2) is 24.3 Å². The van der Waals surface area contributed by atoms with Crippen LogP contribution in [0, 0.1) is 10.1 Å². The molecule has 0 unspecified atom stereocenters.